The molecule has 2 atom stereocenters. The minimum atomic E-state index is 0.0712. The molecule has 1 aliphatic heterocycles. The van der Waals surface area contributed by atoms with Crippen LogP contribution in [0, 0.1) is 16.7 Å². The van der Waals surface area contributed by atoms with Gasteiger partial charge in [0.25, 0.3) is 0 Å². The van der Waals surface area contributed by atoms with E-state index in [0.717, 1.165) is 32.5 Å². The van der Waals surface area contributed by atoms with Crippen LogP contribution in [-0.2, 0) is 6.54 Å². The molecule has 0 aromatic heterocycles. The van der Waals surface area contributed by atoms with Crippen molar-refractivity contribution in [1.82, 2.24) is 4.90 Å². The van der Waals surface area contributed by atoms with Gasteiger partial charge in [-0.1, -0.05) is 58.0 Å². The van der Waals surface area contributed by atoms with E-state index in [1.54, 1.807) is 0 Å². The Kier molecular flexibility index (Phi) is 5.11. The summed E-state index contributed by atoms with van der Waals surface area (Å²) in [6.07, 6.45) is 2.20. The lowest BCUT2D eigenvalue weighted by molar-refractivity contribution is 0.0152. The molecule has 1 aliphatic rings. The number of likely N-dealkylation sites (tertiary alicyclic amines) is 1. The molecule has 1 heterocycles. The molecule has 1 fully saturated rings. The predicted octanol–water partition coefficient (Wildman–Crippen LogP) is 3.94. The standard InChI is InChI=1S/C19H31NO/c1-16-10-19(4,15-21)13-18(2,3)14-20(11-16)12-17-8-6-5-7-9-17/h5-9,16,21H,10-15H2,1-4H3/t16?,19-/m1/s1. The summed E-state index contributed by atoms with van der Waals surface area (Å²) < 4.78 is 0. The third-order valence-electron chi connectivity index (χ3n) is 4.60. The Labute approximate surface area is 130 Å². The number of benzene rings is 1. The van der Waals surface area contributed by atoms with Crippen LogP contribution in [0.25, 0.3) is 0 Å². The van der Waals surface area contributed by atoms with Gasteiger partial charge in [-0.2, -0.15) is 0 Å². The summed E-state index contributed by atoms with van der Waals surface area (Å²) in [5, 5.41) is 9.80. The predicted molar refractivity (Wildman–Crippen MR) is 89.1 cm³/mol. The first kappa shape index (κ1) is 16.5. The molecule has 1 N–H and O–H groups in total. The average Bonchev–Trinajstić information content (AvgIpc) is 2.36. The zero-order chi connectivity index (χ0) is 15.5. The van der Waals surface area contributed by atoms with Crippen LogP contribution in [0.1, 0.15) is 46.1 Å². The van der Waals surface area contributed by atoms with Gasteiger partial charge in [-0.25, -0.2) is 0 Å². The SMILES string of the molecule is CC1CN(Cc2ccccc2)CC(C)(C)C[C@](C)(CO)C1. The Bertz CT molecular complexity index is 442. The Balaban J connectivity index is 2.11. The summed E-state index contributed by atoms with van der Waals surface area (Å²) in [7, 11) is 0. The van der Waals surface area contributed by atoms with Gasteiger partial charge in [-0.15, -0.1) is 0 Å². The fourth-order valence-electron chi connectivity index (χ4n) is 4.38. The van der Waals surface area contributed by atoms with Gasteiger partial charge < -0.3 is 5.11 Å². The molecule has 1 unspecified atom stereocenters. The molecule has 0 bridgehead atoms. The number of rotatable bonds is 3. The second kappa shape index (κ2) is 6.50. The Morgan fingerprint density at radius 3 is 2.48 bits per heavy atom. The molecule has 1 aromatic rings. The normalized spacial score (nSPS) is 30.6. The van der Waals surface area contributed by atoms with Crippen LogP contribution in [0.15, 0.2) is 30.3 Å². The monoisotopic (exact) mass is 289 g/mol. The molecule has 0 spiro atoms. The van der Waals surface area contributed by atoms with E-state index in [0.29, 0.717) is 12.5 Å². The zero-order valence-corrected chi connectivity index (χ0v) is 14.1. The summed E-state index contributed by atoms with van der Waals surface area (Å²) in [5.41, 5.74) is 1.71. The Morgan fingerprint density at radius 1 is 1.19 bits per heavy atom. The fourth-order valence-corrected chi connectivity index (χ4v) is 4.38. The zero-order valence-electron chi connectivity index (χ0n) is 14.1. The summed E-state index contributed by atoms with van der Waals surface area (Å²) in [6.45, 7) is 12.8. The molecule has 1 aromatic carbocycles. The molecule has 0 amide bonds. The lowest BCUT2D eigenvalue weighted by atomic mass is 9.69. The van der Waals surface area contributed by atoms with E-state index in [9.17, 15) is 5.11 Å². The van der Waals surface area contributed by atoms with Gasteiger partial charge in [0.2, 0.25) is 0 Å². The molecule has 2 heteroatoms. The van der Waals surface area contributed by atoms with Crippen LogP contribution < -0.4 is 0 Å². The van der Waals surface area contributed by atoms with Crippen molar-refractivity contribution in [2.24, 2.45) is 16.7 Å². The van der Waals surface area contributed by atoms with Crippen molar-refractivity contribution in [2.45, 2.75) is 47.1 Å². The number of nitrogens with zero attached hydrogens (tertiary/aromatic N) is 1. The van der Waals surface area contributed by atoms with E-state index in [1.807, 2.05) is 0 Å². The largest absolute Gasteiger partial charge is 0.396 e. The first-order valence-corrected chi connectivity index (χ1v) is 8.19. The van der Waals surface area contributed by atoms with Gasteiger partial charge in [0.1, 0.15) is 0 Å². The highest BCUT2D eigenvalue weighted by molar-refractivity contribution is 5.14. The molecule has 0 radical (unpaired) electrons. The van der Waals surface area contributed by atoms with Crippen molar-refractivity contribution in [2.75, 3.05) is 19.7 Å². The summed E-state index contributed by atoms with van der Waals surface area (Å²) in [5.74, 6) is 0.627. The van der Waals surface area contributed by atoms with E-state index >= 15 is 0 Å². The maximum atomic E-state index is 9.80. The van der Waals surface area contributed by atoms with E-state index in [1.165, 1.54) is 5.56 Å². The van der Waals surface area contributed by atoms with Crippen LogP contribution in [0.2, 0.25) is 0 Å². The minimum Gasteiger partial charge on any atom is -0.396 e. The Hall–Kier alpha value is -0.860. The molecular weight excluding hydrogens is 258 g/mol. The smallest absolute Gasteiger partial charge is 0.0485 e. The number of aliphatic hydroxyl groups excluding tert-OH is 1. The van der Waals surface area contributed by atoms with E-state index in [-0.39, 0.29) is 10.8 Å². The van der Waals surface area contributed by atoms with Gasteiger partial charge in [0.05, 0.1) is 0 Å². The van der Waals surface area contributed by atoms with Crippen molar-refractivity contribution in [1.29, 1.82) is 0 Å². The second-order valence-electron chi connectivity index (χ2n) is 8.27. The molecule has 0 aliphatic carbocycles. The molecule has 21 heavy (non-hydrogen) atoms. The summed E-state index contributed by atoms with van der Waals surface area (Å²) in [4.78, 5) is 2.59. The number of aliphatic hydroxyl groups is 1. The minimum absolute atomic E-state index is 0.0712. The molecule has 2 nitrogen and oxygen atoms in total. The summed E-state index contributed by atoms with van der Waals surface area (Å²) >= 11 is 0. The van der Waals surface area contributed by atoms with Crippen molar-refractivity contribution in [3.8, 4) is 0 Å². The lowest BCUT2D eigenvalue weighted by Crippen LogP contribution is -2.44. The topological polar surface area (TPSA) is 23.5 Å². The van der Waals surface area contributed by atoms with Crippen LogP contribution in [0.3, 0.4) is 0 Å². The van der Waals surface area contributed by atoms with Gasteiger partial charge in [0, 0.05) is 26.2 Å². The van der Waals surface area contributed by atoms with Crippen molar-refractivity contribution in [3.05, 3.63) is 35.9 Å². The van der Waals surface area contributed by atoms with Crippen LogP contribution in [0.5, 0.6) is 0 Å². The van der Waals surface area contributed by atoms with Crippen molar-refractivity contribution in [3.63, 3.8) is 0 Å². The first-order valence-electron chi connectivity index (χ1n) is 8.19. The molecule has 0 saturated carbocycles. The van der Waals surface area contributed by atoms with Gasteiger partial charge in [-0.05, 0) is 35.2 Å². The highest BCUT2D eigenvalue weighted by atomic mass is 16.3. The number of hydrogen-bond donors (Lipinski definition) is 1. The highest BCUT2D eigenvalue weighted by Crippen LogP contribution is 2.41. The first-order chi connectivity index (χ1) is 9.82. The maximum absolute atomic E-state index is 9.80. The third-order valence-corrected chi connectivity index (χ3v) is 4.60. The lowest BCUT2D eigenvalue weighted by Gasteiger charge is -2.44. The quantitative estimate of drug-likeness (QED) is 0.911. The number of hydrogen-bond acceptors (Lipinski definition) is 2. The molecule has 1 saturated heterocycles. The van der Waals surface area contributed by atoms with Crippen LogP contribution in [0.4, 0.5) is 0 Å². The van der Waals surface area contributed by atoms with E-state index in [2.05, 4.69) is 62.9 Å². The van der Waals surface area contributed by atoms with E-state index < -0.39 is 0 Å². The highest BCUT2D eigenvalue weighted by Gasteiger charge is 2.37. The van der Waals surface area contributed by atoms with Gasteiger partial charge in [0.15, 0.2) is 0 Å². The van der Waals surface area contributed by atoms with Crippen molar-refractivity contribution >= 4 is 0 Å². The van der Waals surface area contributed by atoms with Crippen LogP contribution in [-0.4, -0.2) is 29.7 Å². The molecular formula is C19H31NO. The Morgan fingerprint density at radius 2 is 1.86 bits per heavy atom. The second-order valence-corrected chi connectivity index (χ2v) is 8.27. The summed E-state index contributed by atoms with van der Waals surface area (Å²) in [6, 6.07) is 10.8. The molecule has 2 rings (SSSR count). The fraction of sp³-hybridized carbons (Fsp3) is 0.684. The van der Waals surface area contributed by atoms with Gasteiger partial charge >= 0.3 is 0 Å². The van der Waals surface area contributed by atoms with E-state index in [4.69, 9.17) is 0 Å². The third kappa shape index (κ3) is 4.82. The van der Waals surface area contributed by atoms with Gasteiger partial charge in [-0.3, -0.25) is 4.90 Å². The van der Waals surface area contributed by atoms with Crippen molar-refractivity contribution < 1.29 is 5.11 Å². The molecule has 118 valence electrons. The average molecular weight is 289 g/mol. The van der Waals surface area contributed by atoms with Crippen LogP contribution >= 0.6 is 0 Å². The maximum Gasteiger partial charge on any atom is 0.0485 e.